The Bertz CT molecular complexity index is 2020. The molecular weight excluding hydrogens is 726 g/mol. The van der Waals surface area contributed by atoms with Crippen LogP contribution in [0.5, 0.6) is 0 Å². The second-order valence-electron chi connectivity index (χ2n) is 16.4. The largest absolute Gasteiger partial charge is 0.401 e. The summed E-state index contributed by atoms with van der Waals surface area (Å²) in [5.74, 6) is -5.51. The quantitative estimate of drug-likeness (QED) is 0.0934. The average Bonchev–Trinajstić information content (AvgIpc) is 3.50. The number of halogens is 5. The Balaban J connectivity index is 1.24. The zero-order valence-corrected chi connectivity index (χ0v) is 32.8. The molecule has 1 unspecified atom stereocenters. The van der Waals surface area contributed by atoms with E-state index in [2.05, 4.69) is 4.98 Å². The van der Waals surface area contributed by atoms with Gasteiger partial charge in [-0.2, -0.15) is 0 Å². The number of aliphatic hydroxyl groups is 1. The van der Waals surface area contributed by atoms with E-state index in [9.17, 15) is 9.50 Å². The minimum Gasteiger partial charge on any atom is -0.401 e. The molecule has 292 valence electrons. The van der Waals surface area contributed by atoms with Gasteiger partial charge in [-0.3, -0.25) is 9.29 Å². The van der Waals surface area contributed by atoms with Crippen molar-refractivity contribution in [2.45, 2.75) is 69.7 Å². The van der Waals surface area contributed by atoms with E-state index in [1.54, 1.807) is 0 Å². The molecule has 2 aliphatic heterocycles. The maximum absolute atomic E-state index is 16.8. The number of nitrogens with zero attached hydrogens (tertiary/aromatic N) is 2. The van der Waals surface area contributed by atoms with Crippen LogP contribution < -0.4 is 10.4 Å². The molecule has 1 fully saturated rings. The number of aromatic nitrogens is 1. The first kappa shape index (κ1) is 39.4. The maximum atomic E-state index is 16.8. The minimum atomic E-state index is -3.43. The fourth-order valence-corrected chi connectivity index (χ4v) is 13.5. The molecule has 11 heteroatoms. The van der Waals surface area contributed by atoms with Crippen LogP contribution in [0.4, 0.5) is 22.0 Å². The first-order valence-electron chi connectivity index (χ1n) is 19.2. The second-order valence-corrected chi connectivity index (χ2v) is 20.7. The molecule has 5 nitrogen and oxygen atoms in total. The van der Waals surface area contributed by atoms with Crippen molar-refractivity contribution in [2.75, 3.05) is 39.5 Å². The van der Waals surface area contributed by atoms with Gasteiger partial charge in [0.2, 0.25) is 0 Å². The average molecular weight is 776 g/mol. The van der Waals surface area contributed by atoms with E-state index in [1.807, 2.05) is 118 Å². The van der Waals surface area contributed by atoms with Crippen molar-refractivity contribution < 1.29 is 31.5 Å². The zero-order chi connectivity index (χ0) is 39.1. The van der Waals surface area contributed by atoms with Gasteiger partial charge < -0.3 is 19.4 Å². The highest BCUT2D eigenvalue weighted by Gasteiger charge is 2.53. The molecule has 3 heterocycles. The van der Waals surface area contributed by atoms with Crippen molar-refractivity contribution in [3.05, 3.63) is 131 Å². The van der Waals surface area contributed by atoms with Gasteiger partial charge in [0, 0.05) is 53.8 Å². The van der Waals surface area contributed by atoms with Crippen LogP contribution in [0.15, 0.2) is 97.1 Å². The number of alkyl halides is 3. The Morgan fingerprint density at radius 3 is 2.05 bits per heavy atom. The third-order valence-corrected chi connectivity index (χ3v) is 16.6. The number of H-pyrrole nitrogens is 1. The zero-order valence-electron chi connectivity index (χ0n) is 31.8. The Labute approximate surface area is 321 Å². The van der Waals surface area contributed by atoms with E-state index >= 15 is 17.6 Å². The molecule has 3 atom stereocenters. The van der Waals surface area contributed by atoms with E-state index < -0.39 is 68.9 Å². The van der Waals surface area contributed by atoms with Gasteiger partial charge in [-0.25, -0.2) is 17.6 Å². The molecule has 1 aromatic heterocycles. The lowest BCUT2D eigenvalue weighted by Gasteiger charge is -2.45. The molecule has 0 saturated carbocycles. The van der Waals surface area contributed by atoms with Gasteiger partial charge in [-0.15, -0.1) is 0 Å². The highest BCUT2D eigenvalue weighted by atomic mass is 28.4. The fraction of sp³-hybridized carbons (Fsp3) is 0.409. The molecule has 0 spiro atoms. The van der Waals surface area contributed by atoms with Crippen molar-refractivity contribution in [1.82, 2.24) is 14.8 Å². The van der Waals surface area contributed by atoms with E-state index in [4.69, 9.17) is 4.43 Å². The van der Waals surface area contributed by atoms with Crippen molar-refractivity contribution in [3.8, 4) is 0 Å². The van der Waals surface area contributed by atoms with Crippen molar-refractivity contribution >= 4 is 29.6 Å². The Morgan fingerprint density at radius 2 is 1.47 bits per heavy atom. The van der Waals surface area contributed by atoms with Crippen LogP contribution in [0.3, 0.4) is 0 Å². The van der Waals surface area contributed by atoms with Gasteiger partial charge in [0.05, 0.1) is 32.0 Å². The molecule has 55 heavy (non-hydrogen) atoms. The number of rotatable bonds is 13. The SMILES string of the molecule is C[C@@H]1Cc2c([nH]c3ccccc23)[C@@H](c2c(F)cc(C(O)C3CN(CCCF)C3)cc2F)N1CC(F)(F)CO[Si](c1ccccc1)(c1ccccc1)C(C)(C)C. The Hall–Kier alpha value is -3.87. The van der Waals surface area contributed by atoms with E-state index in [0.29, 0.717) is 38.2 Å². The summed E-state index contributed by atoms with van der Waals surface area (Å²) in [6, 6.07) is 27.2. The lowest BCUT2D eigenvalue weighted by molar-refractivity contribution is -0.0825. The maximum Gasteiger partial charge on any atom is 0.282 e. The molecule has 1 saturated heterocycles. The van der Waals surface area contributed by atoms with Crippen LogP contribution in [0.2, 0.25) is 5.04 Å². The van der Waals surface area contributed by atoms with Crippen LogP contribution in [-0.2, 0) is 10.8 Å². The van der Waals surface area contributed by atoms with Gasteiger partial charge >= 0.3 is 0 Å². The number of likely N-dealkylation sites (tertiary alicyclic amines) is 1. The fourth-order valence-electron chi connectivity index (χ4n) is 8.94. The summed E-state index contributed by atoms with van der Waals surface area (Å²) in [6.45, 7) is 7.28. The van der Waals surface area contributed by atoms with Crippen LogP contribution in [0, 0.1) is 17.6 Å². The molecule has 2 N–H and O–H groups in total. The molecular formula is C44H50F5N3O2Si. The molecule has 0 amide bonds. The van der Waals surface area contributed by atoms with Crippen LogP contribution >= 0.6 is 0 Å². The number of nitrogens with one attached hydrogen (secondary N) is 1. The van der Waals surface area contributed by atoms with E-state index in [0.717, 1.165) is 39.0 Å². The standard InChI is InChI=1S/C44H50F5N3O2Si/c1-29-22-35-34-18-11-12-19-38(34)50-40(35)41(39-36(46)23-30(24-37(39)47)42(53)31-25-51(26-31)21-13-20-45)52(29)27-44(48,49)28-54-55(43(2,3)4,32-14-7-5-8-15-32)33-16-9-6-10-17-33/h5-12,14-19,23-24,29,31,41-42,50,53H,13,20-22,25-28H2,1-4H3/t29-,41-,42?/m1/s1. The van der Waals surface area contributed by atoms with Crippen LogP contribution in [0.25, 0.3) is 10.9 Å². The molecule has 0 bridgehead atoms. The Morgan fingerprint density at radius 1 is 0.891 bits per heavy atom. The molecule has 7 rings (SSSR count). The smallest absolute Gasteiger partial charge is 0.282 e. The van der Waals surface area contributed by atoms with Gasteiger partial charge in [-0.1, -0.05) is 99.6 Å². The van der Waals surface area contributed by atoms with E-state index in [-0.39, 0.29) is 17.0 Å². The number of hydrogen-bond donors (Lipinski definition) is 2. The molecule has 0 aliphatic carbocycles. The minimum absolute atomic E-state index is 0.0882. The monoisotopic (exact) mass is 775 g/mol. The van der Waals surface area contributed by atoms with Gasteiger partial charge in [0.1, 0.15) is 11.6 Å². The second kappa shape index (κ2) is 15.6. The number of para-hydroxylation sites is 1. The highest BCUT2D eigenvalue weighted by molar-refractivity contribution is 6.99. The molecule has 0 radical (unpaired) electrons. The lowest BCUT2D eigenvalue weighted by Crippen LogP contribution is -2.67. The number of fused-ring (bicyclic) bond motifs is 3. The lowest BCUT2D eigenvalue weighted by atomic mass is 9.85. The van der Waals surface area contributed by atoms with Crippen LogP contribution in [-0.4, -0.2) is 79.6 Å². The molecule has 4 aromatic carbocycles. The van der Waals surface area contributed by atoms with Crippen LogP contribution in [0.1, 0.15) is 68.6 Å². The first-order valence-corrected chi connectivity index (χ1v) is 21.1. The summed E-state index contributed by atoms with van der Waals surface area (Å²) in [5.41, 5.74) is 1.80. The predicted molar refractivity (Wildman–Crippen MR) is 210 cm³/mol. The molecule has 2 aliphatic rings. The molecule has 5 aromatic rings. The topological polar surface area (TPSA) is 51.7 Å². The third kappa shape index (κ3) is 7.54. The van der Waals surface area contributed by atoms with Gasteiger partial charge in [0.25, 0.3) is 14.2 Å². The summed E-state index contributed by atoms with van der Waals surface area (Å²) in [7, 11) is -3.32. The van der Waals surface area contributed by atoms with Crippen molar-refractivity contribution in [2.24, 2.45) is 5.92 Å². The number of benzene rings is 4. The third-order valence-electron chi connectivity index (χ3n) is 11.6. The summed E-state index contributed by atoms with van der Waals surface area (Å²) in [4.78, 5) is 6.83. The summed E-state index contributed by atoms with van der Waals surface area (Å²) < 4.78 is 86.0. The number of aliphatic hydroxyl groups excluding tert-OH is 1. The van der Waals surface area contributed by atoms with Gasteiger partial charge in [0.15, 0.2) is 0 Å². The summed E-state index contributed by atoms with van der Waals surface area (Å²) in [6.07, 6.45) is -0.354. The summed E-state index contributed by atoms with van der Waals surface area (Å²) >= 11 is 0. The van der Waals surface area contributed by atoms with Gasteiger partial charge in [-0.05, 0) is 64.5 Å². The summed E-state index contributed by atoms with van der Waals surface area (Å²) in [5, 5.41) is 13.2. The van der Waals surface area contributed by atoms with Crippen molar-refractivity contribution in [1.29, 1.82) is 0 Å². The Kier molecular flexibility index (Phi) is 11.1. The van der Waals surface area contributed by atoms with Crippen molar-refractivity contribution in [3.63, 3.8) is 0 Å². The van der Waals surface area contributed by atoms with E-state index in [1.165, 1.54) is 4.90 Å². The normalized spacial score (nSPS) is 19.4. The highest BCUT2D eigenvalue weighted by Crippen LogP contribution is 2.45. The first-order chi connectivity index (χ1) is 26.2. The number of aromatic amines is 1. The predicted octanol–water partition coefficient (Wildman–Crippen LogP) is 8.32. The number of hydrogen-bond acceptors (Lipinski definition) is 4.